The molecule has 0 radical (unpaired) electrons. The molecule has 15 heavy (non-hydrogen) atoms. The Hall–Kier alpha value is -1.61. The minimum absolute atomic E-state index is 0.354. The lowest BCUT2D eigenvalue weighted by Crippen LogP contribution is -2.32. The number of benzene rings is 1. The minimum atomic E-state index is -0.949. The Labute approximate surface area is 89.4 Å². The van der Waals surface area contributed by atoms with Gasteiger partial charge in [-0.05, 0) is 12.5 Å². The first-order valence-electron chi connectivity index (χ1n) is 4.87. The number of rotatable bonds is 4. The van der Waals surface area contributed by atoms with Crippen LogP contribution in [0.4, 0.5) is 0 Å². The van der Waals surface area contributed by atoms with Crippen molar-refractivity contribution in [1.82, 2.24) is 5.32 Å². The Morgan fingerprint density at radius 1 is 1.47 bits per heavy atom. The first-order chi connectivity index (χ1) is 7.20. The third-order valence-corrected chi connectivity index (χ3v) is 1.88. The molecule has 1 atom stereocenters. The highest BCUT2D eigenvalue weighted by atomic mass is 16.3. The first-order valence-corrected chi connectivity index (χ1v) is 4.87. The summed E-state index contributed by atoms with van der Waals surface area (Å²) in [5.41, 5.74) is 1.09. The van der Waals surface area contributed by atoms with Crippen LogP contribution in [0.3, 0.4) is 0 Å². The molecule has 0 saturated heterocycles. The van der Waals surface area contributed by atoms with Gasteiger partial charge in [0, 0.05) is 6.54 Å². The Balaban J connectivity index is 2.32. The molecule has 1 rings (SSSR count). The van der Waals surface area contributed by atoms with E-state index in [9.17, 15) is 4.79 Å². The zero-order valence-electron chi connectivity index (χ0n) is 8.68. The monoisotopic (exact) mass is 205 g/mol. The molecule has 1 aromatic rings. The Morgan fingerprint density at radius 3 is 2.73 bits per heavy atom. The largest absolute Gasteiger partial charge is 0.384 e. The van der Waals surface area contributed by atoms with Gasteiger partial charge in [0.1, 0.15) is 6.10 Å². The molecule has 0 fully saturated rings. The summed E-state index contributed by atoms with van der Waals surface area (Å²) in [5.74, 6) is -0.354. The van der Waals surface area contributed by atoms with Crippen LogP contribution >= 0.6 is 0 Å². The molecule has 3 nitrogen and oxygen atoms in total. The predicted molar refractivity (Wildman–Crippen MR) is 60.2 cm³/mol. The maximum absolute atomic E-state index is 11.0. The minimum Gasteiger partial charge on any atom is -0.384 e. The van der Waals surface area contributed by atoms with Crippen molar-refractivity contribution >= 4 is 12.0 Å². The van der Waals surface area contributed by atoms with Crippen molar-refractivity contribution < 1.29 is 9.90 Å². The fourth-order valence-corrected chi connectivity index (χ4v) is 1.07. The maximum atomic E-state index is 11.0. The van der Waals surface area contributed by atoms with Crippen LogP contribution in [-0.4, -0.2) is 23.7 Å². The van der Waals surface area contributed by atoms with Gasteiger partial charge in [-0.2, -0.15) is 0 Å². The molecular formula is C12H15NO2. The average Bonchev–Trinajstić information content (AvgIpc) is 2.25. The van der Waals surface area contributed by atoms with E-state index < -0.39 is 6.10 Å². The van der Waals surface area contributed by atoms with Crippen molar-refractivity contribution in [3.63, 3.8) is 0 Å². The molecule has 1 amide bonds. The molecule has 0 aliphatic rings. The Kier molecular flexibility index (Phi) is 4.57. The Bertz CT molecular complexity index is 331. The van der Waals surface area contributed by atoms with Crippen molar-refractivity contribution in [2.45, 2.75) is 13.0 Å². The third-order valence-electron chi connectivity index (χ3n) is 1.88. The van der Waals surface area contributed by atoms with Crippen LogP contribution in [0.2, 0.25) is 0 Å². The van der Waals surface area contributed by atoms with E-state index in [1.165, 1.54) is 6.92 Å². The first kappa shape index (κ1) is 11.5. The lowest BCUT2D eigenvalue weighted by molar-refractivity contribution is -0.128. The summed E-state index contributed by atoms with van der Waals surface area (Å²) in [6.07, 6.45) is 2.81. The van der Waals surface area contributed by atoms with E-state index in [-0.39, 0.29) is 5.91 Å². The zero-order valence-corrected chi connectivity index (χ0v) is 8.68. The summed E-state index contributed by atoms with van der Waals surface area (Å²) in [5, 5.41) is 11.5. The molecule has 1 aromatic carbocycles. The van der Waals surface area contributed by atoms with E-state index in [1.54, 1.807) is 0 Å². The van der Waals surface area contributed by atoms with E-state index in [4.69, 9.17) is 5.11 Å². The van der Waals surface area contributed by atoms with Crippen LogP contribution in [-0.2, 0) is 4.79 Å². The van der Waals surface area contributed by atoms with Crippen molar-refractivity contribution in [2.24, 2.45) is 0 Å². The quantitative estimate of drug-likeness (QED) is 0.776. The molecule has 0 heterocycles. The summed E-state index contributed by atoms with van der Waals surface area (Å²) >= 11 is 0. The van der Waals surface area contributed by atoms with E-state index in [0.717, 1.165) is 5.56 Å². The van der Waals surface area contributed by atoms with Crippen LogP contribution in [0.1, 0.15) is 12.5 Å². The van der Waals surface area contributed by atoms with Gasteiger partial charge in [-0.3, -0.25) is 4.79 Å². The highest BCUT2D eigenvalue weighted by molar-refractivity contribution is 5.80. The number of carbonyl (C=O) groups excluding carboxylic acids is 1. The van der Waals surface area contributed by atoms with Gasteiger partial charge in [-0.1, -0.05) is 42.5 Å². The van der Waals surface area contributed by atoms with Gasteiger partial charge < -0.3 is 10.4 Å². The normalized spacial score (nSPS) is 12.7. The molecule has 3 heteroatoms. The Morgan fingerprint density at radius 2 is 2.13 bits per heavy atom. The number of amides is 1. The van der Waals surface area contributed by atoms with E-state index >= 15 is 0 Å². The lowest BCUT2D eigenvalue weighted by Gasteiger charge is -2.03. The van der Waals surface area contributed by atoms with Gasteiger partial charge in [0.2, 0.25) is 5.91 Å². The second-order valence-corrected chi connectivity index (χ2v) is 3.23. The van der Waals surface area contributed by atoms with Gasteiger partial charge in [-0.25, -0.2) is 0 Å². The summed E-state index contributed by atoms with van der Waals surface area (Å²) in [6, 6.07) is 9.81. The van der Waals surface area contributed by atoms with Crippen LogP contribution in [0.25, 0.3) is 6.08 Å². The fourth-order valence-electron chi connectivity index (χ4n) is 1.07. The van der Waals surface area contributed by atoms with Crippen molar-refractivity contribution in [3.05, 3.63) is 42.0 Å². The predicted octanol–water partition coefficient (Wildman–Crippen LogP) is 1.20. The van der Waals surface area contributed by atoms with Crippen LogP contribution in [0.15, 0.2) is 36.4 Å². The highest BCUT2D eigenvalue weighted by Crippen LogP contribution is 1.99. The lowest BCUT2D eigenvalue weighted by atomic mass is 10.2. The van der Waals surface area contributed by atoms with Crippen molar-refractivity contribution in [1.29, 1.82) is 0 Å². The molecule has 0 aliphatic carbocycles. The maximum Gasteiger partial charge on any atom is 0.248 e. The van der Waals surface area contributed by atoms with Gasteiger partial charge in [0.05, 0.1) is 0 Å². The number of aliphatic hydroxyl groups excluding tert-OH is 1. The molecule has 80 valence electrons. The number of nitrogens with one attached hydrogen (secondary N) is 1. The molecule has 0 aliphatic heterocycles. The smallest absolute Gasteiger partial charge is 0.248 e. The summed E-state index contributed by atoms with van der Waals surface area (Å²) in [6.45, 7) is 1.87. The molecule has 0 aromatic heterocycles. The fraction of sp³-hybridized carbons (Fsp3) is 0.250. The van der Waals surface area contributed by atoms with Crippen molar-refractivity contribution in [2.75, 3.05) is 6.54 Å². The second-order valence-electron chi connectivity index (χ2n) is 3.23. The second kappa shape index (κ2) is 5.98. The zero-order chi connectivity index (χ0) is 11.1. The summed E-state index contributed by atoms with van der Waals surface area (Å²) in [7, 11) is 0. The molecule has 0 spiro atoms. The van der Waals surface area contributed by atoms with E-state index in [1.807, 2.05) is 42.5 Å². The number of hydrogen-bond acceptors (Lipinski definition) is 2. The van der Waals surface area contributed by atoms with Crippen LogP contribution < -0.4 is 5.32 Å². The highest BCUT2D eigenvalue weighted by Gasteiger charge is 2.05. The SMILES string of the molecule is C[C@H](O)C(=O)NC/C=C/c1ccccc1. The molecule has 0 bridgehead atoms. The number of carbonyl (C=O) groups is 1. The van der Waals surface area contributed by atoms with Crippen LogP contribution in [0, 0.1) is 0 Å². The third kappa shape index (κ3) is 4.42. The standard InChI is InChI=1S/C12H15NO2/c1-10(14)12(15)13-9-5-8-11-6-3-2-4-7-11/h2-8,10,14H,9H2,1H3,(H,13,15)/b8-5+/t10-/m0/s1. The van der Waals surface area contributed by atoms with Gasteiger partial charge in [0.15, 0.2) is 0 Å². The van der Waals surface area contributed by atoms with Crippen molar-refractivity contribution in [3.8, 4) is 0 Å². The van der Waals surface area contributed by atoms with Gasteiger partial charge in [0.25, 0.3) is 0 Å². The van der Waals surface area contributed by atoms with Gasteiger partial charge in [-0.15, -0.1) is 0 Å². The summed E-state index contributed by atoms with van der Waals surface area (Å²) < 4.78 is 0. The molecule has 0 unspecified atom stereocenters. The average molecular weight is 205 g/mol. The van der Waals surface area contributed by atoms with Gasteiger partial charge >= 0.3 is 0 Å². The summed E-state index contributed by atoms with van der Waals surface area (Å²) in [4.78, 5) is 11.0. The molecule has 0 saturated carbocycles. The number of hydrogen-bond donors (Lipinski definition) is 2. The number of aliphatic hydroxyl groups is 1. The van der Waals surface area contributed by atoms with E-state index in [0.29, 0.717) is 6.54 Å². The van der Waals surface area contributed by atoms with Crippen LogP contribution in [0.5, 0.6) is 0 Å². The molecule has 2 N–H and O–H groups in total. The molecular weight excluding hydrogens is 190 g/mol. The van der Waals surface area contributed by atoms with E-state index in [2.05, 4.69) is 5.32 Å². The topological polar surface area (TPSA) is 49.3 Å².